The molecule has 0 spiro atoms. The first kappa shape index (κ1) is 30.1. The molecule has 7 heteroatoms. The molecule has 0 rings (SSSR count). The molecule has 0 N–H and O–H groups in total. The molecule has 2 nitrogen and oxygen atoms in total. The van der Waals surface area contributed by atoms with Crippen molar-refractivity contribution in [3.63, 3.8) is 0 Å². The van der Waals surface area contributed by atoms with E-state index in [1.165, 1.54) is 61.3 Å². The summed E-state index contributed by atoms with van der Waals surface area (Å²) in [5, 5.41) is 0. The molecule has 0 fully saturated rings. The van der Waals surface area contributed by atoms with Gasteiger partial charge in [0.05, 0.1) is 52.4 Å². The van der Waals surface area contributed by atoms with Crippen LogP contribution in [0.25, 0.3) is 0 Å². The van der Waals surface area contributed by atoms with E-state index in [4.69, 9.17) is 0 Å². The van der Waals surface area contributed by atoms with Gasteiger partial charge in [0, 0.05) is 0 Å². The van der Waals surface area contributed by atoms with Crippen LogP contribution in [-0.2, 0) is 5.61 Å². The van der Waals surface area contributed by atoms with Gasteiger partial charge in [-0.15, -0.1) is 0 Å². The summed E-state index contributed by atoms with van der Waals surface area (Å²) in [6.07, 6.45) is 0. The fraction of sp³-hybridized carbons (Fsp3) is 1.00. The van der Waals surface area contributed by atoms with Crippen LogP contribution in [0.4, 0.5) is 0 Å². The Kier molecular flexibility index (Phi) is 21.6. The van der Waals surface area contributed by atoms with Crippen molar-refractivity contribution in [3.05, 3.63) is 0 Å². The Bertz CT molecular complexity index is 192. The third-order valence-electron chi connectivity index (χ3n) is 5.37. The molecule has 0 atom stereocenters. The van der Waals surface area contributed by atoms with Crippen molar-refractivity contribution in [3.8, 4) is 0 Å². The molecule has 149 valence electrons. The Morgan fingerprint density at radius 2 is 0.522 bits per heavy atom. The van der Waals surface area contributed by atoms with Crippen molar-refractivity contribution >= 4 is 56.4 Å². The van der Waals surface area contributed by atoms with Gasteiger partial charge in [0.2, 0.25) is 0 Å². The van der Waals surface area contributed by atoms with Crippen molar-refractivity contribution in [2.45, 2.75) is 55.4 Å². The average molecular weight is 635 g/mol. The molecular weight excluding hydrogens is 595 g/mol. The maximum atomic E-state index is 3.27. The summed E-state index contributed by atoms with van der Waals surface area (Å²) in [6, 6.07) is 0. The second kappa shape index (κ2) is 16.5. The standard InChI is InChI=1S/2C8H20N.4BrH.Mn/c2*1-5-9(6-2,7-3)8-4;;;;;/h2*5-8H2,1-4H3;4*1H;/q2*+1;;;;;+2/p-4. The first-order chi connectivity index (χ1) is 10.5. The molecule has 0 aromatic heterocycles. The van der Waals surface area contributed by atoms with Crippen LogP contribution in [0.2, 0.25) is 0 Å². The van der Waals surface area contributed by atoms with Crippen molar-refractivity contribution in [2.24, 2.45) is 0 Å². The van der Waals surface area contributed by atoms with E-state index in [1.807, 2.05) is 0 Å². The second-order valence-electron chi connectivity index (χ2n) is 5.54. The van der Waals surface area contributed by atoms with Gasteiger partial charge in [-0.3, -0.25) is 0 Å². The van der Waals surface area contributed by atoms with Gasteiger partial charge in [0.15, 0.2) is 0 Å². The normalized spacial score (nSPS) is 12.7. The molecular formula is C16H40Br4MnN2. The van der Waals surface area contributed by atoms with Crippen LogP contribution in [0.15, 0.2) is 0 Å². The van der Waals surface area contributed by atoms with E-state index in [-0.39, 0.29) is 0 Å². The molecule has 0 saturated carbocycles. The summed E-state index contributed by atoms with van der Waals surface area (Å²) < 4.78 is 2.56. The molecule has 0 radical (unpaired) electrons. The van der Waals surface area contributed by atoms with Gasteiger partial charge in [-0.05, 0) is 55.4 Å². The minimum atomic E-state index is -1.38. The summed E-state index contributed by atoms with van der Waals surface area (Å²) >= 11 is 13.1. The number of quaternary nitrogens is 2. The Hall–Kier alpha value is 2.36. The molecule has 0 heterocycles. The molecule has 0 aliphatic heterocycles. The quantitative estimate of drug-likeness (QED) is 0.197. The van der Waals surface area contributed by atoms with Crippen LogP contribution in [0.3, 0.4) is 0 Å². The maximum absolute atomic E-state index is 3.27. The SMILES string of the molecule is CC[N+](CC)(CC)CC.CC[N+](CC)(CC)CC.[Br][Mn-2]([Br])([Br])[Br]. The van der Waals surface area contributed by atoms with Crippen molar-refractivity contribution < 1.29 is 14.6 Å². The van der Waals surface area contributed by atoms with Gasteiger partial charge in [-0.1, -0.05) is 0 Å². The zero-order valence-electron chi connectivity index (χ0n) is 16.4. The summed E-state index contributed by atoms with van der Waals surface area (Å²) in [5.74, 6) is 0. The Balaban J connectivity index is -0.000000273. The van der Waals surface area contributed by atoms with Crippen molar-refractivity contribution in [1.29, 1.82) is 0 Å². The zero-order chi connectivity index (χ0) is 19.2. The summed E-state index contributed by atoms with van der Waals surface area (Å²) in [6.45, 7) is 28.4. The van der Waals surface area contributed by atoms with Crippen LogP contribution < -0.4 is 0 Å². The Labute approximate surface area is 177 Å². The molecule has 23 heavy (non-hydrogen) atoms. The van der Waals surface area contributed by atoms with E-state index in [2.05, 4.69) is 112 Å². The molecule has 0 amide bonds. The minimum absolute atomic E-state index is 1.28. The van der Waals surface area contributed by atoms with E-state index in [0.717, 1.165) is 0 Å². The molecule has 0 saturated heterocycles. The van der Waals surface area contributed by atoms with Crippen LogP contribution in [-0.4, -0.2) is 61.3 Å². The van der Waals surface area contributed by atoms with E-state index < -0.39 is 5.61 Å². The van der Waals surface area contributed by atoms with Gasteiger partial charge in [0.25, 0.3) is 0 Å². The van der Waals surface area contributed by atoms with Gasteiger partial charge >= 0.3 is 62.1 Å². The number of rotatable bonds is 8. The predicted molar refractivity (Wildman–Crippen MR) is 121 cm³/mol. The summed E-state index contributed by atoms with van der Waals surface area (Å²) in [7, 11) is 0. The molecule has 0 aromatic carbocycles. The first-order valence-electron chi connectivity index (χ1n) is 8.76. The first-order valence-corrected chi connectivity index (χ1v) is 20.4. The van der Waals surface area contributed by atoms with Crippen molar-refractivity contribution in [1.82, 2.24) is 0 Å². The molecule has 0 aliphatic carbocycles. The second-order valence-corrected chi connectivity index (χ2v) is 41.3. The van der Waals surface area contributed by atoms with Gasteiger partial charge in [-0.25, -0.2) is 0 Å². The van der Waals surface area contributed by atoms with Gasteiger partial charge in [0.1, 0.15) is 0 Å². The van der Waals surface area contributed by atoms with E-state index in [9.17, 15) is 0 Å². The van der Waals surface area contributed by atoms with Crippen LogP contribution in [0.5, 0.6) is 0 Å². The monoisotopic (exact) mass is 631 g/mol. The molecule has 0 aromatic rings. The number of halogens is 4. The zero-order valence-corrected chi connectivity index (χ0v) is 24.0. The third-order valence-corrected chi connectivity index (χ3v) is 5.37. The van der Waals surface area contributed by atoms with E-state index >= 15 is 0 Å². The van der Waals surface area contributed by atoms with E-state index in [0.29, 0.717) is 0 Å². The van der Waals surface area contributed by atoms with Crippen LogP contribution in [0.1, 0.15) is 55.4 Å². The third kappa shape index (κ3) is 17.5. The Morgan fingerprint density at radius 3 is 0.522 bits per heavy atom. The van der Waals surface area contributed by atoms with Crippen LogP contribution in [0, 0.1) is 0 Å². The molecule has 0 unspecified atom stereocenters. The fourth-order valence-electron chi connectivity index (χ4n) is 2.68. The number of nitrogens with zero attached hydrogens (tertiary/aromatic N) is 2. The number of hydrogen-bond acceptors (Lipinski definition) is 0. The average Bonchev–Trinajstić information content (AvgIpc) is 2.52. The fourth-order valence-corrected chi connectivity index (χ4v) is 2.68. The van der Waals surface area contributed by atoms with Gasteiger partial charge in [-0.2, -0.15) is 0 Å². The van der Waals surface area contributed by atoms with Gasteiger partial charge < -0.3 is 8.97 Å². The molecule has 0 aliphatic rings. The summed E-state index contributed by atoms with van der Waals surface area (Å²) in [4.78, 5) is 0. The summed E-state index contributed by atoms with van der Waals surface area (Å²) in [5.41, 5.74) is -1.38. The topological polar surface area (TPSA) is 0 Å². The number of hydrogen-bond donors (Lipinski definition) is 0. The van der Waals surface area contributed by atoms with E-state index in [1.54, 1.807) is 0 Å². The molecule has 0 bridgehead atoms. The predicted octanol–water partition coefficient (Wildman–Crippen LogP) is 7.15. The Morgan fingerprint density at radius 1 is 0.435 bits per heavy atom. The van der Waals surface area contributed by atoms with Crippen LogP contribution >= 0.6 is 56.4 Å². The van der Waals surface area contributed by atoms with Crippen molar-refractivity contribution in [2.75, 3.05) is 52.4 Å².